The van der Waals surface area contributed by atoms with Gasteiger partial charge in [0.15, 0.2) is 0 Å². The molecule has 0 unspecified atom stereocenters. The van der Waals surface area contributed by atoms with E-state index in [4.69, 9.17) is 13.7 Å². The number of hydrogen-bond acceptors (Lipinski definition) is 1. The van der Waals surface area contributed by atoms with E-state index < -0.39 is 36.3 Å². The summed E-state index contributed by atoms with van der Waals surface area (Å²) in [5.74, 6) is 0. The number of para-hydroxylation sites is 1. The van der Waals surface area contributed by atoms with Crippen molar-refractivity contribution in [1.29, 1.82) is 0 Å². The fourth-order valence-corrected chi connectivity index (χ4v) is 8.15. The van der Waals surface area contributed by atoms with Crippen LogP contribution in [0.15, 0.2) is 230 Å². The molecule has 2 heteroatoms. The maximum absolute atomic E-state index is 8.57. The minimum absolute atomic E-state index is 0.105. The van der Waals surface area contributed by atoms with Gasteiger partial charge in [-0.15, -0.1) is 0 Å². The van der Waals surface area contributed by atoms with E-state index in [0.717, 1.165) is 44.2 Å². The fourth-order valence-electron chi connectivity index (χ4n) is 8.15. The predicted octanol–water partition coefficient (Wildman–Crippen LogP) is 15.6. The molecule has 0 fully saturated rings. The highest BCUT2D eigenvalue weighted by molar-refractivity contribution is 6.19. The van der Waals surface area contributed by atoms with Crippen LogP contribution in [0.1, 0.15) is 13.7 Å². The van der Waals surface area contributed by atoms with Gasteiger partial charge in [-0.3, -0.25) is 0 Å². The van der Waals surface area contributed by atoms with Crippen molar-refractivity contribution < 1.29 is 13.7 Å². The Morgan fingerprint density at radius 1 is 0.345 bits per heavy atom. The van der Waals surface area contributed by atoms with E-state index in [-0.39, 0.29) is 35.3 Å². The molecule has 0 atom stereocenters. The van der Waals surface area contributed by atoms with Crippen LogP contribution in [0.3, 0.4) is 0 Å². The summed E-state index contributed by atoms with van der Waals surface area (Å²) in [4.78, 5) is 2.02. The van der Waals surface area contributed by atoms with E-state index in [0.29, 0.717) is 22.5 Å². The van der Waals surface area contributed by atoms with Crippen LogP contribution in [0.2, 0.25) is 0 Å². The molecule has 0 saturated heterocycles. The zero-order chi connectivity index (χ0) is 47.1. The molecule has 0 aliphatic rings. The summed E-state index contributed by atoms with van der Waals surface area (Å²) in [5.41, 5.74) is 8.91. The van der Waals surface area contributed by atoms with Gasteiger partial charge in [0.05, 0.1) is 24.7 Å². The van der Waals surface area contributed by atoms with E-state index in [1.807, 2.05) is 41.3 Å². The van der Waals surface area contributed by atoms with Crippen molar-refractivity contribution in [2.45, 2.75) is 0 Å². The van der Waals surface area contributed by atoms with Crippen molar-refractivity contribution in [1.82, 2.24) is 4.57 Å². The quantitative estimate of drug-likeness (QED) is 0.158. The smallest absolute Gasteiger partial charge is 0.0629 e. The highest BCUT2D eigenvalue weighted by Crippen LogP contribution is 2.41. The average Bonchev–Trinajstić information content (AvgIpc) is 3.71. The minimum Gasteiger partial charge on any atom is -0.310 e. The van der Waals surface area contributed by atoms with Gasteiger partial charge >= 0.3 is 0 Å². The lowest BCUT2D eigenvalue weighted by Gasteiger charge is -2.26. The Hall–Kier alpha value is -7.68. The van der Waals surface area contributed by atoms with Crippen LogP contribution >= 0.6 is 0 Å². The van der Waals surface area contributed by atoms with Crippen molar-refractivity contribution >= 4 is 60.4 Å². The minimum atomic E-state index is -0.455. The first-order chi connectivity index (χ1) is 32.9. The van der Waals surface area contributed by atoms with Gasteiger partial charge in [0.2, 0.25) is 0 Å². The zero-order valence-corrected chi connectivity index (χ0v) is 31.1. The SMILES string of the molecule is [2H]c1c([2H])c([2H])c(-c2ccc(N(c3ccc(-c4c([2H])c([2H])c([2H])c([2H])c4[2H])cc3)c3ccc4cc(-c5ccc6c(c5)c5ccc7ccccc7c5n6-c5ccccc5)ccc4c3)cc2)c([2H])c1[2H]. The molecule has 0 amide bonds. The lowest BCUT2D eigenvalue weighted by Crippen LogP contribution is -2.09. The molecule has 272 valence electrons. The summed E-state index contributed by atoms with van der Waals surface area (Å²) in [6.45, 7) is 0. The molecule has 0 radical (unpaired) electrons. The molecule has 11 aromatic rings. The standard InChI is InChI=1S/C56H38N2/c1-4-12-39(13-5-1)41-22-29-49(30-23-41)57(50-31-24-42(25-32-50)40-14-6-2-7-15-40)51-33-26-45-36-44(20-21-46(45)37-51)47-28-35-55-54(38-47)53-34-27-43-16-10-11-19-52(43)56(53)58(55)48-17-8-3-9-18-48/h1-38H/i1D,2D,4D,5D,6D,7D,12D,13D,14D,15D. The first-order valence-corrected chi connectivity index (χ1v) is 19.1. The van der Waals surface area contributed by atoms with Gasteiger partial charge in [-0.1, -0.05) is 164 Å². The highest BCUT2D eigenvalue weighted by atomic mass is 15.1. The van der Waals surface area contributed by atoms with Crippen molar-refractivity contribution in [3.05, 3.63) is 230 Å². The average molecular weight is 749 g/mol. The molecule has 0 saturated carbocycles. The number of nitrogens with zero attached hydrogens (tertiary/aromatic N) is 2. The number of benzene rings is 10. The first kappa shape index (κ1) is 24.8. The van der Waals surface area contributed by atoms with Gasteiger partial charge in [-0.25, -0.2) is 0 Å². The molecule has 10 aromatic carbocycles. The van der Waals surface area contributed by atoms with Crippen LogP contribution in [0.25, 0.3) is 82.4 Å². The lowest BCUT2D eigenvalue weighted by atomic mass is 9.98. The van der Waals surface area contributed by atoms with Crippen LogP contribution in [-0.2, 0) is 0 Å². The van der Waals surface area contributed by atoms with E-state index in [1.165, 1.54) is 21.7 Å². The number of anilines is 3. The fraction of sp³-hybridized carbons (Fsp3) is 0. The van der Waals surface area contributed by atoms with Crippen molar-refractivity contribution in [2.24, 2.45) is 0 Å². The Labute approximate surface area is 352 Å². The zero-order valence-electron chi connectivity index (χ0n) is 41.1. The summed E-state index contributed by atoms with van der Waals surface area (Å²) < 4.78 is 85.7. The third kappa shape index (κ3) is 5.91. The molecular formula is C56H38N2. The monoisotopic (exact) mass is 748 g/mol. The van der Waals surface area contributed by atoms with E-state index >= 15 is 0 Å². The molecular weight excluding hydrogens is 701 g/mol. The number of hydrogen-bond donors (Lipinski definition) is 0. The Morgan fingerprint density at radius 2 is 0.879 bits per heavy atom. The van der Waals surface area contributed by atoms with Crippen LogP contribution in [0.4, 0.5) is 17.1 Å². The third-order valence-corrected chi connectivity index (χ3v) is 10.9. The second kappa shape index (κ2) is 14.1. The predicted molar refractivity (Wildman–Crippen MR) is 247 cm³/mol. The second-order valence-corrected chi connectivity index (χ2v) is 14.3. The number of fused-ring (bicyclic) bond motifs is 6. The molecule has 58 heavy (non-hydrogen) atoms. The molecule has 1 heterocycles. The van der Waals surface area contributed by atoms with Gasteiger partial charge in [0.1, 0.15) is 0 Å². The summed E-state index contributed by atoms with van der Waals surface area (Å²) in [6.07, 6.45) is 0. The van der Waals surface area contributed by atoms with Crippen LogP contribution in [0, 0.1) is 0 Å². The Bertz CT molecular complexity index is 3680. The molecule has 1 aromatic heterocycles. The lowest BCUT2D eigenvalue weighted by molar-refractivity contribution is 1.19. The van der Waals surface area contributed by atoms with Crippen molar-refractivity contribution in [2.75, 3.05) is 4.90 Å². The Balaban J connectivity index is 1.01. The van der Waals surface area contributed by atoms with E-state index in [9.17, 15) is 0 Å². The normalized spacial score (nSPS) is 13.9. The Kier molecular flexibility index (Phi) is 6.02. The van der Waals surface area contributed by atoms with Gasteiger partial charge in [-0.2, -0.15) is 0 Å². The number of rotatable bonds is 7. The van der Waals surface area contributed by atoms with Crippen molar-refractivity contribution in [3.63, 3.8) is 0 Å². The van der Waals surface area contributed by atoms with Gasteiger partial charge < -0.3 is 9.47 Å². The summed E-state index contributed by atoms with van der Waals surface area (Å²) in [6, 6.07) is 53.3. The van der Waals surface area contributed by atoms with Gasteiger partial charge in [0.25, 0.3) is 0 Å². The topological polar surface area (TPSA) is 8.17 Å². The largest absolute Gasteiger partial charge is 0.310 e. The van der Waals surface area contributed by atoms with E-state index in [2.05, 4.69) is 114 Å². The molecule has 0 aliphatic carbocycles. The molecule has 0 N–H and O–H groups in total. The maximum atomic E-state index is 8.57. The number of aromatic nitrogens is 1. The molecule has 0 bridgehead atoms. The van der Waals surface area contributed by atoms with Gasteiger partial charge in [0, 0.05) is 38.9 Å². The van der Waals surface area contributed by atoms with E-state index in [1.54, 1.807) is 24.3 Å². The maximum Gasteiger partial charge on any atom is 0.0629 e. The molecule has 0 aliphatic heterocycles. The molecule has 11 rings (SSSR count). The summed E-state index contributed by atoms with van der Waals surface area (Å²) in [7, 11) is 0. The first-order valence-electron chi connectivity index (χ1n) is 24.1. The van der Waals surface area contributed by atoms with Gasteiger partial charge in [-0.05, 0) is 116 Å². The summed E-state index contributed by atoms with van der Waals surface area (Å²) >= 11 is 0. The second-order valence-electron chi connectivity index (χ2n) is 14.3. The van der Waals surface area contributed by atoms with Crippen molar-refractivity contribution in [3.8, 4) is 39.1 Å². The molecule has 2 nitrogen and oxygen atoms in total. The van der Waals surface area contributed by atoms with Crippen LogP contribution in [0.5, 0.6) is 0 Å². The summed E-state index contributed by atoms with van der Waals surface area (Å²) in [5, 5.41) is 6.72. The van der Waals surface area contributed by atoms with Crippen LogP contribution in [-0.4, -0.2) is 4.57 Å². The third-order valence-electron chi connectivity index (χ3n) is 10.9. The Morgan fingerprint density at radius 3 is 1.57 bits per heavy atom. The molecule has 0 spiro atoms. The highest BCUT2D eigenvalue weighted by Gasteiger charge is 2.17. The van der Waals surface area contributed by atoms with Crippen LogP contribution < -0.4 is 4.90 Å².